The van der Waals surface area contributed by atoms with Gasteiger partial charge in [0.15, 0.2) is 5.96 Å². The number of amides is 1. The third-order valence-corrected chi connectivity index (χ3v) is 5.00. The molecule has 27 heavy (non-hydrogen) atoms. The average molecular weight is 500 g/mol. The van der Waals surface area contributed by atoms with Crippen molar-refractivity contribution in [2.75, 3.05) is 20.6 Å². The lowest BCUT2D eigenvalue weighted by Crippen LogP contribution is -2.39. The van der Waals surface area contributed by atoms with Crippen molar-refractivity contribution in [3.05, 3.63) is 57.8 Å². The fraction of sp³-hybridized carbons (Fsp3) is 0.400. The number of nitrogens with one attached hydrogen (secondary N) is 2. The number of carbonyl (C=O) groups is 1. The quantitative estimate of drug-likeness (QED) is 0.346. The molecular weight excluding hydrogens is 471 g/mol. The van der Waals surface area contributed by atoms with Crippen molar-refractivity contribution < 1.29 is 4.79 Å². The number of halogens is 1. The van der Waals surface area contributed by atoms with Crippen molar-refractivity contribution >= 4 is 47.2 Å². The van der Waals surface area contributed by atoms with Crippen LogP contribution in [0.2, 0.25) is 0 Å². The topological polar surface area (TPSA) is 56.7 Å². The van der Waals surface area contributed by atoms with Gasteiger partial charge in [0.2, 0.25) is 5.91 Å². The van der Waals surface area contributed by atoms with E-state index in [-0.39, 0.29) is 42.5 Å². The molecule has 1 heterocycles. The molecule has 5 nitrogen and oxygen atoms in total. The van der Waals surface area contributed by atoms with E-state index in [9.17, 15) is 4.79 Å². The third-order valence-electron chi connectivity index (χ3n) is 4.12. The highest BCUT2D eigenvalue weighted by Crippen LogP contribution is 2.14. The molecule has 1 aromatic carbocycles. The standard InChI is InChI=1S/C20H28N4OS.HI/c1-5-16-8-10-17(11-9-16)15(2)23-20(22-14-19(25)24(3)4)21-13-18-7-6-12-26-18;/h6-12,15H,5,13-14H2,1-4H3,(H2,21,22,23);1H. The fourth-order valence-corrected chi connectivity index (χ4v) is 3.00. The Morgan fingerprint density at radius 1 is 1.22 bits per heavy atom. The first kappa shape index (κ1) is 23.4. The molecule has 2 aromatic rings. The van der Waals surface area contributed by atoms with E-state index in [2.05, 4.69) is 65.2 Å². The lowest BCUT2D eigenvalue weighted by molar-refractivity contribution is -0.127. The maximum atomic E-state index is 11.9. The van der Waals surface area contributed by atoms with Crippen LogP contribution in [0.4, 0.5) is 0 Å². The Hall–Kier alpha value is -1.61. The normalized spacial score (nSPS) is 12.1. The molecular formula is C20H29IN4OS. The number of aryl methyl sites for hydroxylation is 1. The molecule has 2 N–H and O–H groups in total. The maximum absolute atomic E-state index is 11.9. The van der Waals surface area contributed by atoms with Gasteiger partial charge in [-0.2, -0.15) is 0 Å². The number of carbonyl (C=O) groups excluding carboxylic acids is 1. The van der Waals surface area contributed by atoms with Gasteiger partial charge in [-0.25, -0.2) is 4.99 Å². The lowest BCUT2D eigenvalue weighted by Gasteiger charge is -2.19. The number of hydrogen-bond donors (Lipinski definition) is 2. The molecule has 0 aliphatic heterocycles. The molecule has 0 radical (unpaired) electrons. The van der Waals surface area contributed by atoms with E-state index in [1.807, 2.05) is 6.07 Å². The van der Waals surface area contributed by atoms with Gasteiger partial charge in [0.1, 0.15) is 6.54 Å². The van der Waals surface area contributed by atoms with E-state index < -0.39 is 0 Å². The lowest BCUT2D eigenvalue weighted by atomic mass is 10.1. The van der Waals surface area contributed by atoms with Gasteiger partial charge >= 0.3 is 0 Å². The van der Waals surface area contributed by atoms with Crippen LogP contribution in [-0.2, 0) is 17.8 Å². The number of thiophene rings is 1. The van der Waals surface area contributed by atoms with Crippen molar-refractivity contribution in [3.63, 3.8) is 0 Å². The van der Waals surface area contributed by atoms with Crippen LogP contribution in [0.1, 0.15) is 35.9 Å². The summed E-state index contributed by atoms with van der Waals surface area (Å²) in [5.41, 5.74) is 2.51. The molecule has 1 unspecified atom stereocenters. The van der Waals surface area contributed by atoms with Crippen molar-refractivity contribution in [2.45, 2.75) is 32.9 Å². The van der Waals surface area contributed by atoms with Crippen molar-refractivity contribution in [1.82, 2.24) is 15.5 Å². The summed E-state index contributed by atoms with van der Waals surface area (Å²) in [7, 11) is 3.48. The number of aliphatic imine (C=N–C) groups is 1. The summed E-state index contributed by atoms with van der Waals surface area (Å²) in [4.78, 5) is 19.1. The second kappa shape index (κ2) is 12.0. The summed E-state index contributed by atoms with van der Waals surface area (Å²) >= 11 is 1.69. The minimum absolute atomic E-state index is 0. The first-order valence-corrected chi connectivity index (χ1v) is 9.73. The van der Waals surface area contributed by atoms with Crippen LogP contribution in [0.15, 0.2) is 46.8 Å². The van der Waals surface area contributed by atoms with Gasteiger partial charge in [0.05, 0.1) is 12.6 Å². The van der Waals surface area contributed by atoms with Crippen LogP contribution in [0.3, 0.4) is 0 Å². The molecule has 1 aromatic heterocycles. The minimum Gasteiger partial charge on any atom is -0.351 e. The Kier molecular flexibility index (Phi) is 10.4. The molecule has 1 atom stereocenters. The molecule has 0 saturated heterocycles. The highest BCUT2D eigenvalue weighted by molar-refractivity contribution is 14.0. The van der Waals surface area contributed by atoms with Crippen LogP contribution >= 0.6 is 35.3 Å². The molecule has 0 aliphatic carbocycles. The van der Waals surface area contributed by atoms with Crippen LogP contribution < -0.4 is 10.6 Å². The van der Waals surface area contributed by atoms with Crippen LogP contribution in [-0.4, -0.2) is 37.4 Å². The minimum atomic E-state index is -0.0258. The van der Waals surface area contributed by atoms with E-state index in [4.69, 9.17) is 0 Å². The van der Waals surface area contributed by atoms with E-state index in [0.29, 0.717) is 12.5 Å². The Morgan fingerprint density at radius 2 is 1.93 bits per heavy atom. The van der Waals surface area contributed by atoms with E-state index in [0.717, 1.165) is 6.42 Å². The SMILES string of the molecule is CCc1ccc(C(C)NC(=NCC(=O)N(C)C)NCc2cccs2)cc1.I. The zero-order valence-electron chi connectivity index (χ0n) is 16.4. The Morgan fingerprint density at radius 3 is 2.48 bits per heavy atom. The highest BCUT2D eigenvalue weighted by Gasteiger charge is 2.10. The number of hydrogen-bond acceptors (Lipinski definition) is 3. The smallest absolute Gasteiger partial charge is 0.243 e. The van der Waals surface area contributed by atoms with Gasteiger partial charge in [0.25, 0.3) is 0 Å². The van der Waals surface area contributed by atoms with Crippen molar-refractivity contribution in [2.24, 2.45) is 4.99 Å². The number of guanidine groups is 1. The zero-order valence-corrected chi connectivity index (χ0v) is 19.5. The molecule has 0 bridgehead atoms. The summed E-state index contributed by atoms with van der Waals surface area (Å²) < 4.78 is 0. The molecule has 1 amide bonds. The summed E-state index contributed by atoms with van der Waals surface area (Å²) in [5, 5.41) is 8.77. The number of likely N-dealkylation sites (N-methyl/N-ethyl adjacent to an activating group) is 1. The first-order valence-electron chi connectivity index (χ1n) is 8.85. The van der Waals surface area contributed by atoms with E-state index in [1.165, 1.54) is 16.0 Å². The average Bonchev–Trinajstić information content (AvgIpc) is 3.17. The van der Waals surface area contributed by atoms with Crippen LogP contribution in [0.5, 0.6) is 0 Å². The Bertz CT molecular complexity index is 714. The maximum Gasteiger partial charge on any atom is 0.243 e. The zero-order chi connectivity index (χ0) is 18.9. The summed E-state index contributed by atoms with van der Waals surface area (Å²) in [6.45, 7) is 5.05. The predicted molar refractivity (Wildman–Crippen MR) is 125 cm³/mol. The first-order chi connectivity index (χ1) is 12.5. The summed E-state index contributed by atoms with van der Waals surface area (Å²) in [6, 6.07) is 12.8. The molecule has 2 rings (SSSR count). The van der Waals surface area contributed by atoms with Crippen LogP contribution in [0.25, 0.3) is 0 Å². The second-order valence-electron chi connectivity index (χ2n) is 6.35. The largest absolute Gasteiger partial charge is 0.351 e. The van der Waals surface area contributed by atoms with E-state index >= 15 is 0 Å². The molecule has 0 aliphatic rings. The number of rotatable bonds is 7. The molecule has 0 fully saturated rings. The van der Waals surface area contributed by atoms with Gasteiger partial charge in [-0.15, -0.1) is 35.3 Å². The molecule has 0 saturated carbocycles. The van der Waals surface area contributed by atoms with Crippen molar-refractivity contribution in [3.8, 4) is 0 Å². The second-order valence-corrected chi connectivity index (χ2v) is 7.38. The number of benzene rings is 1. The molecule has 0 spiro atoms. The third kappa shape index (κ3) is 7.88. The summed E-state index contributed by atoms with van der Waals surface area (Å²) in [6.07, 6.45) is 1.03. The number of nitrogens with zero attached hydrogens (tertiary/aromatic N) is 2. The van der Waals surface area contributed by atoms with Gasteiger partial charge in [-0.3, -0.25) is 4.79 Å². The monoisotopic (exact) mass is 500 g/mol. The van der Waals surface area contributed by atoms with Gasteiger partial charge in [0, 0.05) is 19.0 Å². The van der Waals surface area contributed by atoms with Gasteiger partial charge in [-0.1, -0.05) is 37.3 Å². The molecule has 7 heteroatoms. The van der Waals surface area contributed by atoms with Gasteiger partial charge < -0.3 is 15.5 Å². The Balaban J connectivity index is 0.00000364. The van der Waals surface area contributed by atoms with Gasteiger partial charge in [-0.05, 0) is 35.9 Å². The highest BCUT2D eigenvalue weighted by atomic mass is 127. The summed E-state index contributed by atoms with van der Waals surface area (Å²) in [5.74, 6) is 0.614. The Labute approximate surface area is 183 Å². The van der Waals surface area contributed by atoms with Crippen molar-refractivity contribution in [1.29, 1.82) is 0 Å². The van der Waals surface area contributed by atoms with E-state index in [1.54, 1.807) is 30.3 Å². The van der Waals surface area contributed by atoms with Crippen LogP contribution in [0, 0.1) is 0 Å². The predicted octanol–water partition coefficient (Wildman–Crippen LogP) is 3.81. The fourth-order valence-electron chi connectivity index (χ4n) is 2.36. The molecule has 148 valence electrons.